The predicted molar refractivity (Wildman–Crippen MR) is 64.4 cm³/mol. The molecule has 2 nitrogen and oxygen atoms in total. The van der Waals surface area contributed by atoms with Crippen LogP contribution in [0.4, 0.5) is 4.39 Å². The van der Waals surface area contributed by atoms with E-state index in [0.717, 1.165) is 39.1 Å². The molecular formula is C12H16ClFN2. The second-order valence-electron chi connectivity index (χ2n) is 4.05. The zero-order valence-corrected chi connectivity index (χ0v) is 9.93. The van der Waals surface area contributed by atoms with Gasteiger partial charge in [-0.25, -0.2) is 4.39 Å². The summed E-state index contributed by atoms with van der Waals surface area (Å²) in [5.74, 6) is -0.265. The summed E-state index contributed by atoms with van der Waals surface area (Å²) >= 11 is 5.74. The number of benzene rings is 1. The molecule has 1 fully saturated rings. The van der Waals surface area contributed by atoms with E-state index < -0.39 is 0 Å². The fourth-order valence-electron chi connectivity index (χ4n) is 1.95. The van der Waals surface area contributed by atoms with Gasteiger partial charge in [-0.2, -0.15) is 0 Å². The van der Waals surface area contributed by atoms with Crippen molar-refractivity contribution in [3.8, 4) is 0 Å². The van der Waals surface area contributed by atoms with Crippen LogP contribution in [-0.4, -0.2) is 37.6 Å². The first-order chi connectivity index (χ1) is 7.77. The van der Waals surface area contributed by atoms with Crippen molar-refractivity contribution in [2.75, 3.05) is 32.7 Å². The van der Waals surface area contributed by atoms with Gasteiger partial charge in [-0.05, 0) is 18.1 Å². The molecule has 1 heterocycles. The van der Waals surface area contributed by atoms with Crippen LogP contribution in [-0.2, 0) is 6.42 Å². The van der Waals surface area contributed by atoms with Gasteiger partial charge >= 0.3 is 0 Å². The van der Waals surface area contributed by atoms with Crippen LogP contribution in [0.1, 0.15) is 5.56 Å². The minimum atomic E-state index is -0.265. The molecule has 0 amide bonds. The van der Waals surface area contributed by atoms with E-state index in [9.17, 15) is 4.39 Å². The fourth-order valence-corrected chi connectivity index (χ4v) is 2.15. The van der Waals surface area contributed by atoms with Crippen LogP contribution in [0.15, 0.2) is 18.2 Å². The molecule has 0 atom stereocenters. The van der Waals surface area contributed by atoms with Crippen molar-refractivity contribution in [2.45, 2.75) is 6.42 Å². The van der Waals surface area contributed by atoms with Gasteiger partial charge in [0.2, 0.25) is 0 Å². The van der Waals surface area contributed by atoms with Crippen molar-refractivity contribution >= 4 is 11.6 Å². The molecule has 0 unspecified atom stereocenters. The van der Waals surface area contributed by atoms with Crippen molar-refractivity contribution in [3.05, 3.63) is 34.6 Å². The van der Waals surface area contributed by atoms with Gasteiger partial charge in [-0.1, -0.05) is 23.7 Å². The Hall–Kier alpha value is -0.640. The van der Waals surface area contributed by atoms with Gasteiger partial charge in [0.05, 0.1) is 5.02 Å². The van der Waals surface area contributed by atoms with E-state index in [2.05, 4.69) is 10.2 Å². The predicted octanol–water partition coefficient (Wildman–Crippen LogP) is 1.93. The highest BCUT2D eigenvalue weighted by Gasteiger charge is 2.11. The summed E-state index contributed by atoms with van der Waals surface area (Å²) < 4.78 is 13.6. The van der Waals surface area contributed by atoms with Gasteiger partial charge in [-0.15, -0.1) is 0 Å². The number of halogens is 2. The Morgan fingerprint density at radius 3 is 2.81 bits per heavy atom. The Bertz CT molecular complexity index is 351. The van der Waals surface area contributed by atoms with E-state index in [1.807, 2.05) is 6.07 Å². The molecule has 0 saturated carbocycles. The molecule has 1 aliphatic rings. The zero-order chi connectivity index (χ0) is 11.4. The summed E-state index contributed by atoms with van der Waals surface area (Å²) in [5, 5.41) is 3.52. The molecular weight excluding hydrogens is 227 g/mol. The standard InChI is InChI=1S/C12H16ClFN2/c13-11-3-1-2-10(12(11)14)4-7-16-8-5-15-6-9-16/h1-3,15H,4-9H2. The number of rotatable bonds is 3. The van der Waals surface area contributed by atoms with Crippen molar-refractivity contribution in [3.63, 3.8) is 0 Å². The maximum atomic E-state index is 13.6. The third-order valence-electron chi connectivity index (χ3n) is 2.94. The van der Waals surface area contributed by atoms with Crippen LogP contribution in [0.2, 0.25) is 5.02 Å². The third kappa shape index (κ3) is 2.94. The number of piperazine rings is 1. The van der Waals surface area contributed by atoms with E-state index in [1.165, 1.54) is 0 Å². The molecule has 0 spiro atoms. The molecule has 0 radical (unpaired) electrons. The number of nitrogens with one attached hydrogen (secondary N) is 1. The maximum Gasteiger partial charge on any atom is 0.145 e. The Labute approximate surface area is 100 Å². The maximum absolute atomic E-state index is 13.6. The minimum Gasteiger partial charge on any atom is -0.314 e. The molecule has 1 saturated heterocycles. The van der Waals surface area contributed by atoms with E-state index in [0.29, 0.717) is 5.56 Å². The van der Waals surface area contributed by atoms with Crippen molar-refractivity contribution in [1.82, 2.24) is 10.2 Å². The molecule has 0 aliphatic carbocycles. The van der Waals surface area contributed by atoms with Crippen LogP contribution in [0.25, 0.3) is 0 Å². The first-order valence-electron chi connectivity index (χ1n) is 5.63. The van der Waals surface area contributed by atoms with Gasteiger partial charge in [0.1, 0.15) is 5.82 Å². The Balaban J connectivity index is 1.91. The molecule has 1 N–H and O–H groups in total. The molecule has 1 aromatic rings. The Morgan fingerprint density at radius 2 is 2.06 bits per heavy atom. The van der Waals surface area contributed by atoms with Crippen LogP contribution in [0.3, 0.4) is 0 Å². The lowest BCUT2D eigenvalue weighted by atomic mass is 10.1. The third-order valence-corrected chi connectivity index (χ3v) is 3.23. The minimum absolute atomic E-state index is 0.220. The summed E-state index contributed by atoms with van der Waals surface area (Å²) in [6.07, 6.45) is 0.729. The quantitative estimate of drug-likeness (QED) is 0.872. The SMILES string of the molecule is Fc1c(Cl)cccc1CCN1CCNCC1. The lowest BCUT2D eigenvalue weighted by Gasteiger charge is -2.27. The molecule has 0 aromatic heterocycles. The topological polar surface area (TPSA) is 15.3 Å². The highest BCUT2D eigenvalue weighted by atomic mass is 35.5. The van der Waals surface area contributed by atoms with Crippen LogP contribution < -0.4 is 5.32 Å². The normalized spacial score (nSPS) is 17.6. The molecule has 4 heteroatoms. The summed E-state index contributed by atoms with van der Waals surface area (Å²) in [6.45, 7) is 5.04. The first-order valence-corrected chi connectivity index (χ1v) is 6.01. The van der Waals surface area contributed by atoms with Crippen molar-refractivity contribution in [2.24, 2.45) is 0 Å². The second kappa shape index (κ2) is 5.62. The van der Waals surface area contributed by atoms with Gasteiger partial charge in [0, 0.05) is 32.7 Å². The van der Waals surface area contributed by atoms with E-state index in [1.54, 1.807) is 12.1 Å². The fraction of sp³-hybridized carbons (Fsp3) is 0.500. The average molecular weight is 243 g/mol. The Morgan fingerprint density at radius 1 is 1.31 bits per heavy atom. The smallest absolute Gasteiger partial charge is 0.145 e. The van der Waals surface area contributed by atoms with Gasteiger partial charge in [0.15, 0.2) is 0 Å². The largest absolute Gasteiger partial charge is 0.314 e. The lowest BCUT2D eigenvalue weighted by Crippen LogP contribution is -2.44. The van der Waals surface area contributed by atoms with Crippen molar-refractivity contribution in [1.29, 1.82) is 0 Å². The van der Waals surface area contributed by atoms with Crippen LogP contribution in [0.5, 0.6) is 0 Å². The van der Waals surface area contributed by atoms with E-state index in [-0.39, 0.29) is 10.8 Å². The highest BCUT2D eigenvalue weighted by Crippen LogP contribution is 2.18. The number of nitrogens with zero attached hydrogens (tertiary/aromatic N) is 1. The van der Waals surface area contributed by atoms with Gasteiger partial charge in [0.25, 0.3) is 0 Å². The summed E-state index contributed by atoms with van der Waals surface area (Å²) in [6, 6.07) is 5.20. The molecule has 2 rings (SSSR count). The zero-order valence-electron chi connectivity index (χ0n) is 9.18. The molecule has 1 aliphatic heterocycles. The van der Waals surface area contributed by atoms with Gasteiger partial charge in [-0.3, -0.25) is 0 Å². The van der Waals surface area contributed by atoms with E-state index in [4.69, 9.17) is 11.6 Å². The van der Waals surface area contributed by atoms with Crippen LogP contribution >= 0.6 is 11.6 Å². The molecule has 88 valence electrons. The molecule has 1 aromatic carbocycles. The van der Waals surface area contributed by atoms with E-state index >= 15 is 0 Å². The summed E-state index contributed by atoms with van der Waals surface area (Å²) in [7, 11) is 0. The second-order valence-corrected chi connectivity index (χ2v) is 4.46. The molecule has 0 bridgehead atoms. The number of hydrogen-bond acceptors (Lipinski definition) is 2. The summed E-state index contributed by atoms with van der Waals surface area (Å²) in [5.41, 5.74) is 0.714. The average Bonchev–Trinajstić information content (AvgIpc) is 2.32. The van der Waals surface area contributed by atoms with Crippen LogP contribution in [0, 0.1) is 5.82 Å². The van der Waals surface area contributed by atoms with Gasteiger partial charge < -0.3 is 10.2 Å². The highest BCUT2D eigenvalue weighted by molar-refractivity contribution is 6.30. The van der Waals surface area contributed by atoms with Crippen molar-refractivity contribution < 1.29 is 4.39 Å². The Kier molecular flexibility index (Phi) is 4.16. The molecule has 16 heavy (non-hydrogen) atoms. The lowest BCUT2D eigenvalue weighted by molar-refractivity contribution is 0.243. The number of hydrogen-bond donors (Lipinski definition) is 1. The first kappa shape index (κ1) is 11.8. The monoisotopic (exact) mass is 242 g/mol. The summed E-state index contributed by atoms with van der Waals surface area (Å²) in [4.78, 5) is 2.34.